The second kappa shape index (κ2) is 12.1. The molecule has 1 fully saturated rings. The van der Waals surface area contributed by atoms with E-state index >= 15 is 0 Å². The number of amides is 1. The molecule has 152 valence electrons. The Morgan fingerprint density at radius 3 is 2.54 bits per heavy atom. The number of hydrogen-bond donors (Lipinski definition) is 3. The molecule has 1 heterocycles. The molecule has 0 spiro atoms. The lowest BCUT2D eigenvalue weighted by Gasteiger charge is -2.21. The van der Waals surface area contributed by atoms with Crippen LogP contribution < -0.4 is 16.0 Å². The van der Waals surface area contributed by atoms with Gasteiger partial charge in [-0.25, -0.2) is 0 Å². The number of aliphatic imine (C=N–C) groups is 1. The first kappa shape index (κ1) is 22.7. The maximum absolute atomic E-state index is 12.4. The molecule has 1 saturated carbocycles. The van der Waals surface area contributed by atoms with Gasteiger partial charge in [0.05, 0.1) is 0 Å². The molecule has 5 nitrogen and oxygen atoms in total. The quantitative estimate of drug-likeness (QED) is 0.298. The maximum Gasteiger partial charge on any atom is 0.227 e. The molecule has 0 unspecified atom stereocenters. The highest BCUT2D eigenvalue weighted by atomic mass is 127. The molecule has 1 aliphatic rings. The number of carbonyl (C=O) groups is 1. The molecule has 2 aromatic rings. The van der Waals surface area contributed by atoms with E-state index < -0.39 is 0 Å². The van der Waals surface area contributed by atoms with Gasteiger partial charge in [-0.2, -0.15) is 11.3 Å². The van der Waals surface area contributed by atoms with Crippen LogP contribution in [-0.2, 0) is 17.9 Å². The van der Waals surface area contributed by atoms with E-state index in [9.17, 15) is 4.79 Å². The lowest BCUT2D eigenvalue weighted by molar-refractivity contribution is -0.120. The van der Waals surface area contributed by atoms with Gasteiger partial charge in [0, 0.05) is 31.7 Å². The summed E-state index contributed by atoms with van der Waals surface area (Å²) in [6.45, 7) is 1.40. The topological polar surface area (TPSA) is 65.5 Å². The van der Waals surface area contributed by atoms with Gasteiger partial charge in [0.1, 0.15) is 0 Å². The summed E-state index contributed by atoms with van der Waals surface area (Å²) in [5.41, 5.74) is 3.22. The van der Waals surface area contributed by atoms with Gasteiger partial charge in [-0.05, 0) is 52.9 Å². The summed E-state index contributed by atoms with van der Waals surface area (Å²) in [6, 6.07) is 10.1. The van der Waals surface area contributed by atoms with Crippen LogP contribution in [0.3, 0.4) is 0 Å². The van der Waals surface area contributed by atoms with E-state index in [1.807, 2.05) is 18.2 Å². The van der Waals surface area contributed by atoms with E-state index in [1.54, 1.807) is 18.4 Å². The van der Waals surface area contributed by atoms with Crippen LogP contribution in [0.25, 0.3) is 0 Å². The van der Waals surface area contributed by atoms with Crippen molar-refractivity contribution in [1.82, 2.24) is 10.6 Å². The number of hydrogen-bond acceptors (Lipinski definition) is 3. The van der Waals surface area contributed by atoms with Crippen LogP contribution >= 0.6 is 35.3 Å². The van der Waals surface area contributed by atoms with E-state index in [0.29, 0.717) is 6.54 Å². The number of guanidine groups is 1. The standard InChI is InChI=1S/C21H28N4OS.HI/c1-22-21(24-14-17-10-11-27-15-17)23-13-16-6-5-9-19(12-16)25-20(26)18-7-3-2-4-8-18;/h5-6,9-12,15,18H,2-4,7-8,13-14H2,1H3,(H,25,26)(H2,22,23,24);1H. The van der Waals surface area contributed by atoms with E-state index in [2.05, 4.69) is 43.8 Å². The molecule has 0 atom stereocenters. The summed E-state index contributed by atoms with van der Waals surface area (Å²) in [5, 5.41) is 13.9. The lowest BCUT2D eigenvalue weighted by atomic mass is 9.88. The second-order valence-corrected chi connectivity index (χ2v) is 7.72. The molecule has 0 saturated heterocycles. The smallest absolute Gasteiger partial charge is 0.227 e. The van der Waals surface area contributed by atoms with Gasteiger partial charge in [-0.15, -0.1) is 24.0 Å². The number of anilines is 1. The summed E-state index contributed by atoms with van der Waals surface area (Å²) in [7, 11) is 1.77. The Hall–Kier alpha value is -1.61. The molecule has 7 heteroatoms. The fourth-order valence-electron chi connectivity index (χ4n) is 3.35. The third-order valence-electron chi connectivity index (χ3n) is 4.89. The Morgan fingerprint density at radius 2 is 1.86 bits per heavy atom. The minimum Gasteiger partial charge on any atom is -0.352 e. The number of carbonyl (C=O) groups excluding carboxylic acids is 1. The molecule has 1 amide bonds. The van der Waals surface area contributed by atoms with E-state index in [4.69, 9.17) is 0 Å². The number of nitrogens with one attached hydrogen (secondary N) is 3. The van der Waals surface area contributed by atoms with Gasteiger partial charge < -0.3 is 16.0 Å². The summed E-state index contributed by atoms with van der Waals surface area (Å²) in [6.07, 6.45) is 5.62. The van der Waals surface area contributed by atoms with Gasteiger partial charge in [0.25, 0.3) is 0 Å². The van der Waals surface area contributed by atoms with Crippen LogP contribution in [0.5, 0.6) is 0 Å². The number of benzene rings is 1. The first-order valence-corrected chi connectivity index (χ1v) is 10.5. The van der Waals surface area contributed by atoms with Crippen LogP contribution in [0.1, 0.15) is 43.2 Å². The number of halogens is 1. The number of rotatable bonds is 6. The van der Waals surface area contributed by atoms with Crippen LogP contribution in [0.15, 0.2) is 46.1 Å². The van der Waals surface area contributed by atoms with E-state index in [1.165, 1.54) is 24.8 Å². The zero-order valence-electron chi connectivity index (χ0n) is 16.2. The Labute approximate surface area is 188 Å². The zero-order valence-corrected chi connectivity index (χ0v) is 19.4. The third kappa shape index (κ3) is 7.09. The predicted octanol–water partition coefficient (Wildman–Crippen LogP) is 4.75. The largest absolute Gasteiger partial charge is 0.352 e. The molecule has 28 heavy (non-hydrogen) atoms. The summed E-state index contributed by atoms with van der Waals surface area (Å²) >= 11 is 1.69. The maximum atomic E-state index is 12.4. The summed E-state index contributed by atoms with van der Waals surface area (Å²) < 4.78 is 0. The molecule has 0 bridgehead atoms. The highest BCUT2D eigenvalue weighted by molar-refractivity contribution is 14.0. The second-order valence-electron chi connectivity index (χ2n) is 6.94. The first-order chi connectivity index (χ1) is 13.2. The van der Waals surface area contributed by atoms with Crippen LogP contribution in [0.2, 0.25) is 0 Å². The minimum absolute atomic E-state index is 0. The number of nitrogens with zero attached hydrogens (tertiary/aromatic N) is 1. The van der Waals surface area contributed by atoms with Gasteiger partial charge in [-0.3, -0.25) is 9.79 Å². The molecule has 1 aromatic heterocycles. The third-order valence-corrected chi connectivity index (χ3v) is 5.63. The zero-order chi connectivity index (χ0) is 18.9. The van der Waals surface area contributed by atoms with Crippen molar-refractivity contribution in [3.63, 3.8) is 0 Å². The van der Waals surface area contributed by atoms with Crippen molar-refractivity contribution < 1.29 is 4.79 Å². The van der Waals surface area contributed by atoms with Crippen molar-refractivity contribution >= 4 is 52.9 Å². The Morgan fingerprint density at radius 1 is 1.11 bits per heavy atom. The molecular formula is C21H29IN4OS. The molecule has 1 aliphatic carbocycles. The van der Waals surface area contributed by atoms with Crippen LogP contribution in [0, 0.1) is 5.92 Å². The van der Waals surface area contributed by atoms with Gasteiger partial charge in [-0.1, -0.05) is 31.4 Å². The van der Waals surface area contributed by atoms with Crippen molar-refractivity contribution in [2.24, 2.45) is 10.9 Å². The van der Waals surface area contributed by atoms with Gasteiger partial charge in [0.15, 0.2) is 5.96 Å². The number of thiophene rings is 1. The van der Waals surface area contributed by atoms with E-state index in [-0.39, 0.29) is 35.8 Å². The molecule has 3 N–H and O–H groups in total. The lowest BCUT2D eigenvalue weighted by Crippen LogP contribution is -2.36. The fraction of sp³-hybridized carbons (Fsp3) is 0.429. The van der Waals surface area contributed by atoms with Crippen molar-refractivity contribution in [3.05, 3.63) is 52.2 Å². The molecule has 0 radical (unpaired) electrons. The summed E-state index contributed by atoms with van der Waals surface area (Å²) in [5.74, 6) is 1.09. The first-order valence-electron chi connectivity index (χ1n) is 9.60. The van der Waals surface area contributed by atoms with Gasteiger partial charge in [0.2, 0.25) is 5.91 Å². The molecular weight excluding hydrogens is 483 g/mol. The van der Waals surface area contributed by atoms with Crippen molar-refractivity contribution in [1.29, 1.82) is 0 Å². The average molecular weight is 512 g/mol. The van der Waals surface area contributed by atoms with Crippen molar-refractivity contribution in [2.75, 3.05) is 12.4 Å². The highest BCUT2D eigenvalue weighted by Gasteiger charge is 2.20. The van der Waals surface area contributed by atoms with Gasteiger partial charge >= 0.3 is 0 Å². The Balaban J connectivity index is 0.00000280. The van der Waals surface area contributed by atoms with Crippen LogP contribution in [-0.4, -0.2) is 18.9 Å². The Kier molecular flexibility index (Phi) is 9.77. The molecule has 3 rings (SSSR count). The monoisotopic (exact) mass is 512 g/mol. The fourth-order valence-corrected chi connectivity index (χ4v) is 4.02. The SMILES string of the molecule is CN=C(NCc1ccsc1)NCc1cccc(NC(=O)C2CCCCC2)c1.I. The van der Waals surface area contributed by atoms with E-state index in [0.717, 1.165) is 36.6 Å². The normalized spacial score (nSPS) is 14.8. The highest BCUT2D eigenvalue weighted by Crippen LogP contribution is 2.25. The molecule has 0 aliphatic heterocycles. The Bertz CT molecular complexity index is 758. The van der Waals surface area contributed by atoms with Crippen LogP contribution in [0.4, 0.5) is 5.69 Å². The predicted molar refractivity (Wildman–Crippen MR) is 128 cm³/mol. The minimum atomic E-state index is 0. The van der Waals surface area contributed by atoms with Crippen molar-refractivity contribution in [3.8, 4) is 0 Å². The summed E-state index contributed by atoms with van der Waals surface area (Å²) in [4.78, 5) is 16.7. The van der Waals surface area contributed by atoms with Crippen molar-refractivity contribution in [2.45, 2.75) is 45.2 Å². The molecule has 1 aromatic carbocycles. The average Bonchev–Trinajstić information content (AvgIpc) is 3.23.